The number of rotatable bonds is 2. The topological polar surface area (TPSA) is 49.8 Å². The second-order valence-electron chi connectivity index (χ2n) is 2.79. The Kier molecular flexibility index (Phi) is 5.00. The zero-order valence-electron chi connectivity index (χ0n) is 7.57. The SMILES string of the molecule is O=C(OCCO)N1CCCSCC1. The second-order valence-corrected chi connectivity index (χ2v) is 4.02. The number of thioether (sulfide) groups is 1. The highest BCUT2D eigenvalue weighted by Crippen LogP contribution is 2.10. The van der Waals surface area contributed by atoms with Crippen molar-refractivity contribution in [2.45, 2.75) is 6.42 Å². The van der Waals surface area contributed by atoms with Gasteiger partial charge in [0.2, 0.25) is 0 Å². The maximum Gasteiger partial charge on any atom is 0.409 e. The van der Waals surface area contributed by atoms with Gasteiger partial charge in [-0.15, -0.1) is 0 Å². The molecule has 0 saturated carbocycles. The number of hydrogen-bond acceptors (Lipinski definition) is 4. The van der Waals surface area contributed by atoms with Gasteiger partial charge >= 0.3 is 6.09 Å². The summed E-state index contributed by atoms with van der Waals surface area (Å²) in [5.74, 6) is 2.10. The Hall–Kier alpha value is -0.420. The molecule has 0 aromatic carbocycles. The van der Waals surface area contributed by atoms with Crippen molar-refractivity contribution in [1.29, 1.82) is 0 Å². The fraction of sp³-hybridized carbons (Fsp3) is 0.875. The van der Waals surface area contributed by atoms with Crippen LogP contribution in [0.25, 0.3) is 0 Å². The zero-order chi connectivity index (χ0) is 9.52. The molecule has 1 fully saturated rings. The molecule has 0 radical (unpaired) electrons. The molecule has 1 amide bonds. The van der Waals surface area contributed by atoms with E-state index in [2.05, 4.69) is 0 Å². The minimum absolute atomic E-state index is 0.0997. The van der Waals surface area contributed by atoms with Crippen LogP contribution in [0.5, 0.6) is 0 Å². The lowest BCUT2D eigenvalue weighted by atomic mass is 10.4. The number of nitrogens with zero attached hydrogens (tertiary/aromatic N) is 1. The van der Waals surface area contributed by atoms with Crippen molar-refractivity contribution in [1.82, 2.24) is 4.90 Å². The van der Waals surface area contributed by atoms with E-state index < -0.39 is 0 Å². The molecular formula is C8H15NO3S. The van der Waals surface area contributed by atoms with Crippen LogP contribution in [0.15, 0.2) is 0 Å². The predicted octanol–water partition coefficient (Wildman–Crippen LogP) is 0.554. The third-order valence-corrected chi connectivity index (χ3v) is 2.85. The Morgan fingerprint density at radius 3 is 3.08 bits per heavy atom. The van der Waals surface area contributed by atoms with E-state index >= 15 is 0 Å². The van der Waals surface area contributed by atoms with Gasteiger partial charge in [-0.3, -0.25) is 0 Å². The highest BCUT2D eigenvalue weighted by Gasteiger charge is 2.16. The van der Waals surface area contributed by atoms with Crippen LogP contribution in [0.4, 0.5) is 4.79 Å². The molecule has 1 N–H and O–H groups in total. The van der Waals surface area contributed by atoms with E-state index in [1.807, 2.05) is 11.8 Å². The van der Waals surface area contributed by atoms with Crippen LogP contribution in [0.2, 0.25) is 0 Å². The first-order valence-corrected chi connectivity index (χ1v) is 5.60. The smallest absolute Gasteiger partial charge is 0.409 e. The lowest BCUT2D eigenvalue weighted by molar-refractivity contribution is 0.0864. The summed E-state index contributed by atoms with van der Waals surface area (Å²) in [4.78, 5) is 13.0. The van der Waals surface area contributed by atoms with Gasteiger partial charge in [0.05, 0.1) is 6.61 Å². The monoisotopic (exact) mass is 205 g/mol. The lowest BCUT2D eigenvalue weighted by Crippen LogP contribution is -2.33. The summed E-state index contributed by atoms with van der Waals surface area (Å²) < 4.78 is 4.81. The van der Waals surface area contributed by atoms with Gasteiger partial charge in [-0.25, -0.2) is 4.79 Å². The fourth-order valence-electron chi connectivity index (χ4n) is 1.15. The second kappa shape index (κ2) is 6.10. The van der Waals surface area contributed by atoms with E-state index in [9.17, 15) is 4.79 Å². The highest BCUT2D eigenvalue weighted by molar-refractivity contribution is 7.99. The van der Waals surface area contributed by atoms with E-state index in [4.69, 9.17) is 9.84 Å². The number of carbonyl (C=O) groups excluding carboxylic acids is 1. The maximum atomic E-state index is 11.3. The predicted molar refractivity (Wildman–Crippen MR) is 51.9 cm³/mol. The van der Waals surface area contributed by atoms with Gasteiger partial charge in [-0.1, -0.05) is 0 Å². The number of aliphatic hydroxyl groups excluding tert-OH is 1. The van der Waals surface area contributed by atoms with Crippen molar-refractivity contribution in [2.75, 3.05) is 37.8 Å². The molecule has 0 atom stereocenters. The third kappa shape index (κ3) is 3.87. The van der Waals surface area contributed by atoms with Crippen LogP contribution in [0.3, 0.4) is 0 Å². The Bertz CT molecular complexity index is 157. The first kappa shape index (κ1) is 10.7. The Balaban J connectivity index is 2.26. The molecule has 1 aliphatic rings. The van der Waals surface area contributed by atoms with Crippen LogP contribution in [0, 0.1) is 0 Å². The third-order valence-electron chi connectivity index (χ3n) is 1.80. The van der Waals surface area contributed by atoms with Gasteiger partial charge in [0.25, 0.3) is 0 Å². The normalized spacial score (nSPS) is 18.1. The zero-order valence-corrected chi connectivity index (χ0v) is 8.39. The van der Waals surface area contributed by atoms with Crippen LogP contribution < -0.4 is 0 Å². The Morgan fingerprint density at radius 1 is 1.46 bits per heavy atom. The molecule has 13 heavy (non-hydrogen) atoms. The molecular weight excluding hydrogens is 190 g/mol. The molecule has 1 aliphatic heterocycles. The minimum atomic E-state index is -0.295. The van der Waals surface area contributed by atoms with Crippen LogP contribution in [-0.2, 0) is 4.74 Å². The fourth-order valence-corrected chi connectivity index (χ4v) is 2.04. The van der Waals surface area contributed by atoms with Gasteiger partial charge in [-0.05, 0) is 12.2 Å². The van der Waals surface area contributed by atoms with E-state index in [0.29, 0.717) is 0 Å². The highest BCUT2D eigenvalue weighted by atomic mass is 32.2. The molecule has 1 saturated heterocycles. The summed E-state index contributed by atoms with van der Waals surface area (Å²) in [6.07, 6.45) is 0.732. The summed E-state index contributed by atoms with van der Waals surface area (Å²) in [5.41, 5.74) is 0. The number of ether oxygens (including phenoxy) is 1. The molecule has 5 heteroatoms. The largest absolute Gasteiger partial charge is 0.447 e. The lowest BCUT2D eigenvalue weighted by Gasteiger charge is -2.18. The van der Waals surface area contributed by atoms with Crippen molar-refractivity contribution in [3.05, 3.63) is 0 Å². The van der Waals surface area contributed by atoms with E-state index in [0.717, 1.165) is 31.0 Å². The number of amides is 1. The molecule has 1 heterocycles. The summed E-state index contributed by atoms with van der Waals surface area (Å²) in [6.45, 7) is 1.53. The van der Waals surface area contributed by atoms with Crippen molar-refractivity contribution in [3.8, 4) is 0 Å². The van der Waals surface area contributed by atoms with E-state index in [-0.39, 0.29) is 19.3 Å². The molecule has 4 nitrogen and oxygen atoms in total. The standard InChI is InChI=1S/C8H15NO3S/c10-4-5-12-8(11)9-2-1-6-13-7-3-9/h10H,1-7H2. The molecule has 0 aliphatic carbocycles. The van der Waals surface area contributed by atoms with Gasteiger partial charge < -0.3 is 14.7 Å². The summed E-state index contributed by atoms with van der Waals surface area (Å²) in [7, 11) is 0. The first-order chi connectivity index (χ1) is 6.34. The maximum absolute atomic E-state index is 11.3. The van der Waals surface area contributed by atoms with E-state index in [1.54, 1.807) is 4.90 Å². The molecule has 0 unspecified atom stereocenters. The summed E-state index contributed by atoms with van der Waals surface area (Å²) >= 11 is 1.86. The molecule has 1 rings (SSSR count). The average Bonchev–Trinajstić information content (AvgIpc) is 2.42. The number of carbonyl (C=O) groups is 1. The van der Waals surface area contributed by atoms with Crippen LogP contribution in [-0.4, -0.2) is 53.9 Å². The van der Waals surface area contributed by atoms with Crippen molar-refractivity contribution in [2.24, 2.45) is 0 Å². The quantitative estimate of drug-likeness (QED) is 0.715. The molecule has 76 valence electrons. The molecule has 0 spiro atoms. The van der Waals surface area contributed by atoms with Crippen molar-refractivity contribution in [3.63, 3.8) is 0 Å². The van der Waals surface area contributed by atoms with Crippen LogP contribution >= 0.6 is 11.8 Å². The van der Waals surface area contributed by atoms with Gasteiger partial charge in [0.1, 0.15) is 6.61 Å². The van der Waals surface area contributed by atoms with Gasteiger partial charge in [0.15, 0.2) is 0 Å². The Labute approximate surface area is 82.2 Å². The van der Waals surface area contributed by atoms with Gasteiger partial charge in [0, 0.05) is 18.8 Å². The number of hydrogen-bond donors (Lipinski definition) is 1. The number of aliphatic hydroxyl groups is 1. The van der Waals surface area contributed by atoms with E-state index in [1.165, 1.54) is 0 Å². The van der Waals surface area contributed by atoms with Crippen molar-refractivity contribution >= 4 is 17.9 Å². The minimum Gasteiger partial charge on any atom is -0.447 e. The molecule has 0 bridgehead atoms. The van der Waals surface area contributed by atoms with Crippen LogP contribution in [0.1, 0.15) is 6.42 Å². The molecule has 0 aromatic heterocycles. The van der Waals surface area contributed by atoms with Gasteiger partial charge in [-0.2, -0.15) is 11.8 Å². The summed E-state index contributed by atoms with van der Waals surface area (Å²) in [6, 6.07) is 0. The Morgan fingerprint density at radius 2 is 2.31 bits per heavy atom. The van der Waals surface area contributed by atoms with Crippen molar-refractivity contribution < 1.29 is 14.6 Å². The first-order valence-electron chi connectivity index (χ1n) is 4.45. The molecule has 0 aromatic rings. The summed E-state index contributed by atoms with van der Waals surface area (Å²) in [5, 5.41) is 8.47. The average molecular weight is 205 g/mol.